The van der Waals surface area contributed by atoms with Gasteiger partial charge in [0.1, 0.15) is 0 Å². The van der Waals surface area contributed by atoms with Crippen LogP contribution in [0.5, 0.6) is 0 Å². The number of aromatic nitrogens is 2. The molecule has 0 amide bonds. The molecule has 0 aliphatic carbocycles. The van der Waals surface area contributed by atoms with E-state index in [9.17, 15) is 9.59 Å². The smallest absolute Gasteiger partial charge is 0.309 e. The van der Waals surface area contributed by atoms with Gasteiger partial charge in [0, 0.05) is 0 Å². The normalized spacial score (nSPS) is 11.0. The second-order valence-corrected chi connectivity index (χ2v) is 3.92. The first kappa shape index (κ1) is 13.0. The highest BCUT2D eigenvalue weighted by molar-refractivity contribution is 5.80. The van der Waals surface area contributed by atoms with Crippen molar-refractivity contribution in [1.82, 2.24) is 9.97 Å². The van der Waals surface area contributed by atoms with E-state index >= 15 is 0 Å². The van der Waals surface area contributed by atoms with Gasteiger partial charge in [0.25, 0.3) is 5.56 Å². The van der Waals surface area contributed by atoms with Crippen LogP contribution in [0.25, 0.3) is 17.0 Å². The molecule has 1 aromatic carbocycles. The summed E-state index contributed by atoms with van der Waals surface area (Å²) in [5, 5.41) is 0.529. The van der Waals surface area contributed by atoms with Crippen molar-refractivity contribution in [2.24, 2.45) is 0 Å². The summed E-state index contributed by atoms with van der Waals surface area (Å²) in [4.78, 5) is 29.4. The van der Waals surface area contributed by atoms with E-state index in [1.807, 2.05) is 6.07 Å². The van der Waals surface area contributed by atoms with Gasteiger partial charge in [-0.05, 0) is 24.6 Å². The summed E-state index contributed by atoms with van der Waals surface area (Å²) in [6.07, 6.45) is 5.09. The molecule has 0 bridgehead atoms. The molecule has 0 atom stereocenters. The Balaban J connectivity index is 2.18. The standard InChI is InChI=1S/C14H14N2O3/c1-2-19-13(17)5-3-4-10-6-7-12-11(8-10)14(18)16-9-15-12/h3-4,6-9H,2,5H2,1H3,(H,15,16,18). The number of aromatic amines is 1. The van der Waals surface area contributed by atoms with E-state index in [4.69, 9.17) is 4.74 Å². The van der Waals surface area contributed by atoms with Crippen LogP contribution in [0, 0.1) is 0 Å². The summed E-state index contributed by atoms with van der Waals surface area (Å²) in [5.41, 5.74) is 1.31. The molecule has 1 aromatic heterocycles. The number of hydrogen-bond acceptors (Lipinski definition) is 4. The number of rotatable bonds is 4. The highest BCUT2D eigenvalue weighted by Crippen LogP contribution is 2.11. The summed E-state index contributed by atoms with van der Waals surface area (Å²) < 4.78 is 4.81. The monoisotopic (exact) mass is 258 g/mol. The van der Waals surface area contributed by atoms with Crippen LogP contribution in [-0.4, -0.2) is 22.5 Å². The SMILES string of the molecule is CCOC(=O)CC=Cc1ccc2nc[nH]c(=O)c2c1. The number of nitrogens with one attached hydrogen (secondary N) is 1. The van der Waals surface area contributed by atoms with Crippen molar-refractivity contribution < 1.29 is 9.53 Å². The molecule has 2 aromatic rings. The van der Waals surface area contributed by atoms with Crippen molar-refractivity contribution in [3.8, 4) is 0 Å². The van der Waals surface area contributed by atoms with E-state index in [0.29, 0.717) is 17.5 Å². The fraction of sp³-hybridized carbons (Fsp3) is 0.214. The van der Waals surface area contributed by atoms with Crippen LogP contribution in [0.2, 0.25) is 0 Å². The van der Waals surface area contributed by atoms with E-state index in [-0.39, 0.29) is 17.9 Å². The molecule has 19 heavy (non-hydrogen) atoms. The van der Waals surface area contributed by atoms with Crippen molar-refractivity contribution in [2.75, 3.05) is 6.61 Å². The van der Waals surface area contributed by atoms with Crippen molar-refractivity contribution >= 4 is 22.9 Å². The fourth-order valence-corrected chi connectivity index (χ4v) is 1.70. The minimum absolute atomic E-state index is 0.175. The molecular weight excluding hydrogens is 244 g/mol. The molecular formula is C14H14N2O3. The zero-order valence-corrected chi connectivity index (χ0v) is 10.6. The highest BCUT2D eigenvalue weighted by atomic mass is 16.5. The third-order valence-corrected chi connectivity index (χ3v) is 2.56. The zero-order valence-electron chi connectivity index (χ0n) is 10.6. The largest absolute Gasteiger partial charge is 0.466 e. The Labute approximate surface area is 109 Å². The van der Waals surface area contributed by atoms with E-state index in [0.717, 1.165) is 5.56 Å². The lowest BCUT2D eigenvalue weighted by Gasteiger charge is -1.98. The molecule has 2 rings (SSSR count). The second-order valence-electron chi connectivity index (χ2n) is 3.92. The van der Waals surface area contributed by atoms with Gasteiger partial charge in [0.2, 0.25) is 0 Å². The van der Waals surface area contributed by atoms with Crippen LogP contribution in [0.4, 0.5) is 0 Å². The minimum atomic E-state index is -0.265. The number of fused-ring (bicyclic) bond motifs is 1. The molecule has 0 radical (unpaired) electrons. The van der Waals surface area contributed by atoms with E-state index in [1.54, 1.807) is 31.2 Å². The van der Waals surface area contributed by atoms with Gasteiger partial charge in [-0.25, -0.2) is 4.98 Å². The van der Waals surface area contributed by atoms with Gasteiger partial charge in [0.15, 0.2) is 0 Å². The van der Waals surface area contributed by atoms with Crippen molar-refractivity contribution in [3.63, 3.8) is 0 Å². The Morgan fingerprint density at radius 3 is 3.11 bits per heavy atom. The predicted octanol–water partition coefficient (Wildman–Crippen LogP) is 1.89. The first-order valence-electron chi connectivity index (χ1n) is 6.00. The van der Waals surface area contributed by atoms with Gasteiger partial charge in [0.05, 0.1) is 30.3 Å². The van der Waals surface area contributed by atoms with Gasteiger partial charge in [-0.3, -0.25) is 9.59 Å². The number of ether oxygens (including phenoxy) is 1. The van der Waals surface area contributed by atoms with Crippen LogP contribution in [-0.2, 0) is 9.53 Å². The minimum Gasteiger partial charge on any atom is -0.466 e. The van der Waals surface area contributed by atoms with Crippen LogP contribution in [0.1, 0.15) is 18.9 Å². The molecule has 0 aliphatic heterocycles. The molecule has 0 unspecified atom stereocenters. The number of carbonyl (C=O) groups excluding carboxylic acids is 1. The molecule has 0 fully saturated rings. The summed E-state index contributed by atoms with van der Waals surface area (Å²) >= 11 is 0. The van der Waals surface area contributed by atoms with E-state index in [2.05, 4.69) is 9.97 Å². The maximum Gasteiger partial charge on any atom is 0.309 e. The number of esters is 1. The molecule has 1 N–H and O–H groups in total. The average molecular weight is 258 g/mol. The lowest BCUT2D eigenvalue weighted by atomic mass is 10.1. The van der Waals surface area contributed by atoms with Gasteiger partial charge in [-0.1, -0.05) is 18.2 Å². The summed E-state index contributed by atoms with van der Waals surface area (Å²) in [5.74, 6) is -0.265. The molecule has 98 valence electrons. The van der Waals surface area contributed by atoms with Gasteiger partial charge >= 0.3 is 5.97 Å². The molecule has 0 aliphatic rings. The third-order valence-electron chi connectivity index (χ3n) is 2.56. The third kappa shape index (κ3) is 3.28. The summed E-state index contributed by atoms with van der Waals surface area (Å²) in [6.45, 7) is 2.15. The summed E-state index contributed by atoms with van der Waals surface area (Å²) in [6, 6.07) is 5.36. The first-order chi connectivity index (χ1) is 9.20. The Morgan fingerprint density at radius 2 is 2.32 bits per heavy atom. The highest BCUT2D eigenvalue weighted by Gasteiger charge is 2.00. The number of hydrogen-bond donors (Lipinski definition) is 1. The number of H-pyrrole nitrogens is 1. The molecule has 5 nitrogen and oxygen atoms in total. The molecule has 0 saturated heterocycles. The summed E-state index contributed by atoms with van der Waals surface area (Å²) in [7, 11) is 0. The van der Waals surface area contributed by atoms with Crippen LogP contribution in [0.15, 0.2) is 35.4 Å². The van der Waals surface area contributed by atoms with Crippen molar-refractivity contribution in [3.05, 3.63) is 46.5 Å². The molecule has 0 spiro atoms. The zero-order chi connectivity index (χ0) is 13.7. The Kier molecular flexibility index (Phi) is 4.07. The average Bonchev–Trinajstić information content (AvgIpc) is 2.40. The Bertz CT molecular complexity index is 674. The van der Waals surface area contributed by atoms with Crippen LogP contribution >= 0.6 is 0 Å². The molecule has 0 saturated carbocycles. The number of benzene rings is 1. The Morgan fingerprint density at radius 1 is 1.47 bits per heavy atom. The number of carbonyl (C=O) groups is 1. The maximum atomic E-state index is 11.6. The molecule has 1 heterocycles. The van der Waals surface area contributed by atoms with Crippen LogP contribution < -0.4 is 5.56 Å². The second kappa shape index (κ2) is 5.95. The fourth-order valence-electron chi connectivity index (χ4n) is 1.70. The van der Waals surface area contributed by atoms with E-state index in [1.165, 1.54) is 6.33 Å². The van der Waals surface area contributed by atoms with E-state index < -0.39 is 0 Å². The van der Waals surface area contributed by atoms with Gasteiger partial charge in [-0.15, -0.1) is 0 Å². The quantitative estimate of drug-likeness (QED) is 0.850. The Hall–Kier alpha value is -2.43. The maximum absolute atomic E-state index is 11.6. The lowest BCUT2D eigenvalue weighted by Crippen LogP contribution is -2.06. The number of nitrogens with zero attached hydrogens (tertiary/aromatic N) is 1. The molecule has 5 heteroatoms. The van der Waals surface area contributed by atoms with Gasteiger partial charge < -0.3 is 9.72 Å². The van der Waals surface area contributed by atoms with Crippen molar-refractivity contribution in [1.29, 1.82) is 0 Å². The van der Waals surface area contributed by atoms with Gasteiger partial charge in [-0.2, -0.15) is 0 Å². The first-order valence-corrected chi connectivity index (χ1v) is 6.00. The topological polar surface area (TPSA) is 72.0 Å². The van der Waals surface area contributed by atoms with Crippen molar-refractivity contribution in [2.45, 2.75) is 13.3 Å². The van der Waals surface area contributed by atoms with Crippen LogP contribution in [0.3, 0.4) is 0 Å². The predicted molar refractivity (Wildman–Crippen MR) is 72.6 cm³/mol. The lowest BCUT2D eigenvalue weighted by molar-refractivity contribution is -0.142.